The summed E-state index contributed by atoms with van der Waals surface area (Å²) >= 11 is 0. The number of allylic oxidation sites excluding steroid dienone is 1. The number of rotatable bonds is 12. The zero-order chi connectivity index (χ0) is 42.9. The lowest BCUT2D eigenvalue weighted by Gasteiger charge is -2.46. The molecule has 4 N–H and O–H groups in total. The number of aromatic nitrogens is 1. The Hall–Kier alpha value is -5.40. The van der Waals surface area contributed by atoms with Gasteiger partial charge in [0, 0.05) is 11.8 Å². The molecule has 2 saturated heterocycles. The van der Waals surface area contributed by atoms with Crippen molar-refractivity contribution in [3.05, 3.63) is 156 Å². The molecule has 0 radical (unpaired) electrons. The Morgan fingerprint density at radius 1 is 0.885 bits per heavy atom. The number of phenols is 1. The Kier molecular flexibility index (Phi) is 12.2. The first-order valence-corrected chi connectivity index (χ1v) is 22.8. The Bertz CT molecular complexity index is 2410. The molecule has 4 aromatic carbocycles. The fourth-order valence-corrected chi connectivity index (χ4v) is 14.4. The molecule has 1 aromatic heterocycles. The maximum atomic E-state index is 14.7. The van der Waals surface area contributed by atoms with Gasteiger partial charge in [0.2, 0.25) is 11.8 Å². The number of hydrogen-bond acceptors (Lipinski definition) is 9. The maximum absolute atomic E-state index is 14.7. The summed E-state index contributed by atoms with van der Waals surface area (Å²) < 4.78 is 14.0. The van der Waals surface area contributed by atoms with Crippen LogP contribution in [0.25, 0.3) is 11.6 Å². The van der Waals surface area contributed by atoms with E-state index in [4.69, 9.17) is 9.08 Å². The van der Waals surface area contributed by atoms with Crippen LogP contribution in [0.15, 0.2) is 145 Å². The number of fused-ring (bicyclic) bond motifs is 3. The van der Waals surface area contributed by atoms with Gasteiger partial charge < -0.3 is 29.3 Å². The number of anilines is 1. The van der Waals surface area contributed by atoms with Gasteiger partial charge in [0.15, 0.2) is 0 Å². The van der Waals surface area contributed by atoms with Crippen molar-refractivity contribution in [1.29, 1.82) is 0 Å². The second-order valence-corrected chi connectivity index (χ2v) is 21.5. The molecule has 1 aliphatic carbocycles. The Labute approximate surface area is 358 Å². The largest absolute Gasteiger partial charge is 0.507 e. The van der Waals surface area contributed by atoms with E-state index in [-0.39, 0.29) is 47.2 Å². The van der Waals surface area contributed by atoms with Gasteiger partial charge in [0.05, 0.1) is 35.9 Å². The summed E-state index contributed by atoms with van der Waals surface area (Å²) in [6.45, 7) is 6.81. The van der Waals surface area contributed by atoms with Gasteiger partial charge in [-0.25, -0.2) is 0 Å². The van der Waals surface area contributed by atoms with E-state index in [1.54, 1.807) is 30.5 Å². The standard InChI is InChI=1S/C48H50B2N2O8Si/c1-48(2,3)61(37-18-6-4-7-19-37,38-20-8-5-9-21-38)59-31-34-28-39-45(47(55)52(46(39)54)36-17-14-16-35(29-36)50(57)58)40-30-49(56)60-43(44(34)40)25-24-32(41-22-12-13-26-51-41)27-33-15-10-11-23-42(33)53/h4-23,26-27,29,39-40,43,45,53,56-58H,24-25,28,30-31H2,1-3H3/b32-27-/t39-,40+,43-,45-/m1/s1. The first-order chi connectivity index (χ1) is 29.4. The SMILES string of the molecule is CC(C)(C)[Si](OCC1=C2[C@@H](CC/C(=C/c3ccccc3O)c3ccccn3)OB(O)C[C@@H]2[C@@H]2C(=O)N(c3cccc(B(O)O)c3)C(=O)[C@@H]2C1)(c1ccccc1)c1ccccc1. The van der Waals surface area contributed by atoms with Gasteiger partial charge in [-0.2, -0.15) is 0 Å². The molecular weight excluding hydrogens is 782 g/mol. The maximum Gasteiger partial charge on any atom is 0.488 e. The monoisotopic (exact) mass is 832 g/mol. The van der Waals surface area contributed by atoms with E-state index in [1.807, 2.05) is 72.8 Å². The average molecular weight is 833 g/mol. The van der Waals surface area contributed by atoms with Crippen LogP contribution in [0, 0.1) is 17.8 Å². The molecule has 0 unspecified atom stereocenters. The lowest BCUT2D eigenvalue weighted by molar-refractivity contribution is -0.122. The quantitative estimate of drug-likeness (QED) is 0.0741. The molecule has 2 fully saturated rings. The lowest BCUT2D eigenvalue weighted by atomic mass is 9.58. The zero-order valence-electron chi connectivity index (χ0n) is 34.6. The number of pyridine rings is 1. The van der Waals surface area contributed by atoms with Crippen LogP contribution in [-0.2, 0) is 18.7 Å². The second-order valence-electron chi connectivity index (χ2n) is 17.2. The minimum Gasteiger partial charge on any atom is -0.507 e. The minimum atomic E-state index is -3.08. The third-order valence-electron chi connectivity index (χ3n) is 12.6. The van der Waals surface area contributed by atoms with Crippen LogP contribution in [0.3, 0.4) is 0 Å². The van der Waals surface area contributed by atoms with Crippen molar-refractivity contribution in [3.8, 4) is 5.75 Å². The van der Waals surface area contributed by atoms with Crippen molar-refractivity contribution in [3.63, 3.8) is 0 Å². The number of para-hydroxylation sites is 1. The molecule has 10 nitrogen and oxygen atoms in total. The Morgan fingerprint density at radius 3 is 2.20 bits per heavy atom. The van der Waals surface area contributed by atoms with Crippen LogP contribution in [0.5, 0.6) is 5.75 Å². The van der Waals surface area contributed by atoms with Crippen molar-refractivity contribution < 1.29 is 38.8 Å². The van der Waals surface area contributed by atoms with Gasteiger partial charge >= 0.3 is 14.2 Å². The normalized spacial score (nSPS) is 20.8. The minimum absolute atomic E-state index is 0.110. The molecule has 0 saturated carbocycles. The fourth-order valence-electron chi connectivity index (χ4n) is 9.84. The molecule has 4 atom stereocenters. The predicted molar refractivity (Wildman–Crippen MR) is 242 cm³/mol. The highest BCUT2D eigenvalue weighted by Gasteiger charge is 2.58. The molecule has 3 aliphatic rings. The number of hydrogen-bond donors (Lipinski definition) is 4. The summed E-state index contributed by atoms with van der Waals surface area (Å²) in [7, 11) is -6.07. The van der Waals surface area contributed by atoms with Crippen LogP contribution in [-0.4, -0.2) is 72.2 Å². The lowest BCUT2D eigenvalue weighted by Crippen LogP contribution is -2.66. The average Bonchev–Trinajstić information content (AvgIpc) is 3.51. The number of phenolic OH excluding ortho intramolecular Hbond substituents is 1. The number of imide groups is 1. The van der Waals surface area contributed by atoms with Gasteiger partial charge in [-0.15, -0.1) is 0 Å². The van der Waals surface area contributed by atoms with E-state index in [0.717, 1.165) is 32.8 Å². The molecule has 2 amide bonds. The van der Waals surface area contributed by atoms with Gasteiger partial charge in [0.1, 0.15) is 5.75 Å². The van der Waals surface area contributed by atoms with Crippen molar-refractivity contribution >= 4 is 67.5 Å². The van der Waals surface area contributed by atoms with Crippen LogP contribution in [0.1, 0.15) is 51.3 Å². The summed E-state index contributed by atoms with van der Waals surface area (Å²) in [5.74, 6) is -2.69. The third kappa shape index (κ3) is 8.21. The smallest absolute Gasteiger partial charge is 0.488 e. The summed E-state index contributed by atoms with van der Waals surface area (Å²) in [4.78, 5) is 35.1. The number of benzene rings is 4. The van der Waals surface area contributed by atoms with Crippen molar-refractivity contribution in [2.24, 2.45) is 17.8 Å². The van der Waals surface area contributed by atoms with E-state index in [9.17, 15) is 29.8 Å². The summed E-state index contributed by atoms with van der Waals surface area (Å²) in [6.07, 6.45) is 4.20. The molecular formula is C48H50B2N2O8Si. The van der Waals surface area contributed by atoms with Crippen molar-refractivity contribution in [2.45, 2.75) is 57.5 Å². The molecule has 8 rings (SSSR count). The highest BCUT2D eigenvalue weighted by molar-refractivity contribution is 6.99. The van der Waals surface area contributed by atoms with Crippen LogP contribution < -0.4 is 20.7 Å². The van der Waals surface area contributed by atoms with E-state index in [1.165, 1.54) is 17.0 Å². The van der Waals surface area contributed by atoms with Crippen molar-refractivity contribution in [1.82, 2.24) is 4.98 Å². The third-order valence-corrected chi connectivity index (χ3v) is 17.5. The molecule has 0 bridgehead atoms. The van der Waals surface area contributed by atoms with Gasteiger partial charge in [-0.1, -0.05) is 118 Å². The number of aromatic hydroxyl groups is 1. The number of carbonyl (C=O) groups is 2. The topological polar surface area (TPSA) is 150 Å². The van der Waals surface area contributed by atoms with Crippen LogP contribution in [0.4, 0.5) is 5.69 Å². The second kappa shape index (κ2) is 17.5. The molecule has 310 valence electrons. The molecule has 3 heterocycles. The summed E-state index contributed by atoms with van der Waals surface area (Å²) in [5, 5.41) is 44.0. The number of carbonyl (C=O) groups excluding carboxylic acids is 2. The molecule has 61 heavy (non-hydrogen) atoms. The van der Waals surface area contributed by atoms with Crippen LogP contribution >= 0.6 is 0 Å². The van der Waals surface area contributed by atoms with E-state index in [2.05, 4.69) is 50.0 Å². The highest BCUT2D eigenvalue weighted by atomic mass is 28.4. The molecule has 0 spiro atoms. The number of amides is 2. The molecule has 13 heteroatoms. The van der Waals surface area contributed by atoms with Gasteiger partial charge in [-0.3, -0.25) is 19.5 Å². The van der Waals surface area contributed by atoms with E-state index >= 15 is 0 Å². The molecule has 5 aromatic rings. The Morgan fingerprint density at radius 2 is 1.56 bits per heavy atom. The fraction of sp³-hybridized carbons (Fsp3) is 0.271. The first-order valence-electron chi connectivity index (χ1n) is 20.9. The number of nitrogens with zero attached hydrogens (tertiary/aromatic N) is 2. The highest BCUT2D eigenvalue weighted by Crippen LogP contribution is 2.52. The summed E-state index contributed by atoms with van der Waals surface area (Å²) in [5.41, 5.74) is 4.39. The zero-order valence-corrected chi connectivity index (χ0v) is 35.6. The van der Waals surface area contributed by atoms with E-state index in [0.29, 0.717) is 18.4 Å². The van der Waals surface area contributed by atoms with Crippen LogP contribution in [0.2, 0.25) is 11.4 Å². The Balaban J connectivity index is 1.23. The van der Waals surface area contributed by atoms with Gasteiger partial charge in [0.25, 0.3) is 8.32 Å². The molecule has 2 aliphatic heterocycles. The first kappa shape index (κ1) is 42.3. The predicted octanol–water partition coefficient (Wildman–Crippen LogP) is 5.37. The van der Waals surface area contributed by atoms with Gasteiger partial charge in [-0.05, 0) is 106 Å². The van der Waals surface area contributed by atoms with E-state index < -0.39 is 52.3 Å². The van der Waals surface area contributed by atoms with Crippen molar-refractivity contribution in [2.75, 3.05) is 11.5 Å². The summed E-state index contributed by atoms with van der Waals surface area (Å²) in [6, 6.07) is 39.7.